The van der Waals surface area contributed by atoms with Crippen LogP contribution in [-0.2, 0) is 18.3 Å². The summed E-state index contributed by atoms with van der Waals surface area (Å²) in [4.78, 5) is 12.0. The maximum atomic E-state index is 12.0. The smallest absolute Gasteiger partial charge is 0.220 e. The first-order chi connectivity index (χ1) is 11.6. The van der Waals surface area contributed by atoms with Crippen molar-refractivity contribution in [3.05, 3.63) is 47.4 Å². The van der Waals surface area contributed by atoms with E-state index in [4.69, 9.17) is 0 Å². The predicted molar refractivity (Wildman–Crippen MR) is 97.2 cm³/mol. The van der Waals surface area contributed by atoms with E-state index < -0.39 is 0 Å². The number of nitrogens with zero attached hydrogens (tertiary/aromatic N) is 3. The minimum atomic E-state index is 0.101. The second kappa shape index (κ2) is 7.57. The molecule has 1 unspecified atom stereocenters. The van der Waals surface area contributed by atoms with Gasteiger partial charge in [-0.25, -0.2) is 0 Å². The maximum absolute atomic E-state index is 12.0. The highest BCUT2D eigenvalue weighted by Gasteiger charge is 2.12. The van der Waals surface area contributed by atoms with Crippen LogP contribution < -0.4 is 5.32 Å². The van der Waals surface area contributed by atoms with E-state index in [1.807, 2.05) is 18.5 Å². The van der Waals surface area contributed by atoms with E-state index >= 15 is 0 Å². The normalized spacial score (nSPS) is 12.4. The lowest BCUT2D eigenvalue weighted by molar-refractivity contribution is -0.121. The van der Waals surface area contributed by atoms with Gasteiger partial charge in [-0.1, -0.05) is 25.1 Å². The van der Waals surface area contributed by atoms with E-state index in [-0.39, 0.29) is 11.8 Å². The summed E-state index contributed by atoms with van der Waals surface area (Å²) in [6.07, 6.45) is 4.04. The number of thiophene rings is 1. The Balaban J connectivity index is 1.44. The first kappa shape index (κ1) is 16.6. The van der Waals surface area contributed by atoms with Gasteiger partial charge in [-0.2, -0.15) is 0 Å². The highest BCUT2D eigenvalue weighted by molar-refractivity contribution is 7.17. The van der Waals surface area contributed by atoms with Crippen molar-refractivity contribution in [2.45, 2.75) is 32.1 Å². The summed E-state index contributed by atoms with van der Waals surface area (Å²) in [6, 6.07) is 8.43. The molecule has 5 nitrogen and oxygen atoms in total. The molecule has 1 atom stereocenters. The number of fused-ring (bicyclic) bond motifs is 1. The molecule has 126 valence electrons. The number of rotatable bonds is 7. The molecule has 1 N–H and O–H groups in total. The van der Waals surface area contributed by atoms with Gasteiger partial charge >= 0.3 is 0 Å². The number of aromatic nitrogens is 3. The van der Waals surface area contributed by atoms with Gasteiger partial charge in [-0.15, -0.1) is 21.5 Å². The van der Waals surface area contributed by atoms with Crippen molar-refractivity contribution in [3.8, 4) is 0 Å². The van der Waals surface area contributed by atoms with Gasteiger partial charge in [-0.3, -0.25) is 4.79 Å². The number of aryl methyl sites for hydroxylation is 2. The molecule has 0 saturated heterocycles. The van der Waals surface area contributed by atoms with Gasteiger partial charge in [0.15, 0.2) is 0 Å². The van der Waals surface area contributed by atoms with Crippen LogP contribution in [0.4, 0.5) is 0 Å². The van der Waals surface area contributed by atoms with Gasteiger partial charge < -0.3 is 9.88 Å². The highest BCUT2D eigenvalue weighted by Crippen LogP contribution is 2.26. The van der Waals surface area contributed by atoms with Crippen LogP contribution >= 0.6 is 11.3 Å². The second-order valence-corrected chi connectivity index (χ2v) is 7.03. The molecule has 0 spiro atoms. The zero-order valence-corrected chi connectivity index (χ0v) is 14.8. The van der Waals surface area contributed by atoms with Gasteiger partial charge in [0.05, 0.1) is 0 Å². The van der Waals surface area contributed by atoms with Crippen LogP contribution in [-0.4, -0.2) is 27.2 Å². The lowest BCUT2D eigenvalue weighted by Gasteiger charge is -2.11. The molecule has 0 radical (unpaired) electrons. The van der Waals surface area contributed by atoms with Crippen LogP contribution in [0.25, 0.3) is 10.1 Å². The molecule has 6 heteroatoms. The molecule has 24 heavy (non-hydrogen) atoms. The Kier molecular flexibility index (Phi) is 5.25. The topological polar surface area (TPSA) is 59.8 Å². The number of hydrogen-bond donors (Lipinski definition) is 1. The number of carbonyl (C=O) groups excluding carboxylic acids is 1. The Labute approximate surface area is 145 Å². The fraction of sp³-hybridized carbons (Fsp3) is 0.389. The van der Waals surface area contributed by atoms with Crippen molar-refractivity contribution in [1.82, 2.24) is 20.1 Å². The zero-order chi connectivity index (χ0) is 16.9. The van der Waals surface area contributed by atoms with Crippen LogP contribution in [0.3, 0.4) is 0 Å². The molecule has 0 aliphatic rings. The molecule has 3 aromatic rings. The van der Waals surface area contributed by atoms with Gasteiger partial charge in [0.1, 0.15) is 12.2 Å². The van der Waals surface area contributed by atoms with E-state index in [2.05, 4.69) is 45.2 Å². The lowest BCUT2D eigenvalue weighted by Crippen LogP contribution is -2.28. The largest absolute Gasteiger partial charge is 0.355 e. The van der Waals surface area contributed by atoms with E-state index in [1.54, 1.807) is 17.7 Å². The molecule has 2 aromatic heterocycles. The minimum absolute atomic E-state index is 0.101. The van der Waals surface area contributed by atoms with Gasteiger partial charge in [0.2, 0.25) is 5.91 Å². The molecular formula is C18H22N4OS. The lowest BCUT2D eigenvalue weighted by atomic mass is 10.1. The number of benzene rings is 1. The first-order valence-electron chi connectivity index (χ1n) is 8.21. The third-order valence-corrected chi connectivity index (χ3v) is 5.22. The average molecular weight is 342 g/mol. The Morgan fingerprint density at radius 1 is 1.38 bits per heavy atom. The van der Waals surface area contributed by atoms with Crippen molar-refractivity contribution in [2.75, 3.05) is 6.54 Å². The van der Waals surface area contributed by atoms with Crippen molar-refractivity contribution >= 4 is 27.3 Å². The third-order valence-electron chi connectivity index (χ3n) is 4.20. The van der Waals surface area contributed by atoms with Crippen LogP contribution in [0.1, 0.15) is 37.1 Å². The molecule has 0 saturated carbocycles. The van der Waals surface area contributed by atoms with E-state index in [1.165, 1.54) is 15.6 Å². The number of amides is 1. The third kappa shape index (κ3) is 3.82. The maximum Gasteiger partial charge on any atom is 0.220 e. The number of carbonyl (C=O) groups is 1. The van der Waals surface area contributed by atoms with Gasteiger partial charge in [0.25, 0.3) is 0 Å². The summed E-state index contributed by atoms with van der Waals surface area (Å²) in [7, 11) is 1.92. The number of nitrogens with one attached hydrogen (secondary N) is 1. The molecular weight excluding hydrogens is 320 g/mol. The standard InChI is InChI=1S/C18H22N4OS/c1-13(18-21-20-12-22(18)2)10-19-17(23)9-5-6-14-11-24-16-8-4-3-7-15(14)16/h3-4,7-8,11-13H,5-6,9-10H2,1-2H3,(H,19,23). The molecule has 0 fully saturated rings. The van der Waals surface area contributed by atoms with Crippen LogP contribution in [0.2, 0.25) is 0 Å². The highest BCUT2D eigenvalue weighted by atomic mass is 32.1. The van der Waals surface area contributed by atoms with Crippen molar-refractivity contribution in [2.24, 2.45) is 7.05 Å². The number of hydrogen-bond acceptors (Lipinski definition) is 4. The van der Waals surface area contributed by atoms with Crippen molar-refractivity contribution in [3.63, 3.8) is 0 Å². The predicted octanol–water partition coefficient (Wildman–Crippen LogP) is 3.27. The Bertz CT molecular complexity index is 823. The molecule has 2 heterocycles. The molecule has 1 aromatic carbocycles. The van der Waals surface area contributed by atoms with E-state index in [0.717, 1.165) is 18.7 Å². The zero-order valence-electron chi connectivity index (χ0n) is 14.0. The average Bonchev–Trinajstić information content (AvgIpc) is 3.19. The Morgan fingerprint density at radius 2 is 2.21 bits per heavy atom. The summed E-state index contributed by atoms with van der Waals surface area (Å²) in [5, 5.41) is 14.5. The SMILES string of the molecule is CC(CNC(=O)CCCc1csc2ccccc12)c1nncn1C. The molecule has 0 bridgehead atoms. The summed E-state index contributed by atoms with van der Waals surface area (Å²) >= 11 is 1.77. The molecule has 0 aliphatic carbocycles. The second-order valence-electron chi connectivity index (χ2n) is 6.12. The van der Waals surface area contributed by atoms with E-state index in [0.29, 0.717) is 13.0 Å². The Hall–Kier alpha value is -2.21. The van der Waals surface area contributed by atoms with Crippen molar-refractivity contribution in [1.29, 1.82) is 0 Å². The summed E-state index contributed by atoms with van der Waals surface area (Å²) in [6.45, 7) is 2.63. The Morgan fingerprint density at radius 3 is 3.00 bits per heavy atom. The fourth-order valence-corrected chi connectivity index (χ4v) is 3.85. The first-order valence-corrected chi connectivity index (χ1v) is 9.09. The molecule has 1 amide bonds. The van der Waals surface area contributed by atoms with Crippen LogP contribution in [0.5, 0.6) is 0 Å². The fourth-order valence-electron chi connectivity index (χ4n) is 2.85. The van der Waals surface area contributed by atoms with Crippen LogP contribution in [0.15, 0.2) is 36.0 Å². The van der Waals surface area contributed by atoms with Crippen LogP contribution in [0, 0.1) is 0 Å². The van der Waals surface area contributed by atoms with Gasteiger partial charge in [0, 0.05) is 30.6 Å². The van der Waals surface area contributed by atoms with E-state index in [9.17, 15) is 4.79 Å². The monoisotopic (exact) mass is 342 g/mol. The quantitative estimate of drug-likeness (QED) is 0.717. The minimum Gasteiger partial charge on any atom is -0.355 e. The molecule has 3 rings (SSSR count). The molecule has 0 aliphatic heterocycles. The van der Waals surface area contributed by atoms with Gasteiger partial charge in [-0.05, 0) is 35.2 Å². The summed E-state index contributed by atoms with van der Waals surface area (Å²) in [5.74, 6) is 1.14. The summed E-state index contributed by atoms with van der Waals surface area (Å²) < 4.78 is 3.20. The van der Waals surface area contributed by atoms with Crippen molar-refractivity contribution < 1.29 is 4.79 Å². The summed E-state index contributed by atoms with van der Waals surface area (Å²) in [5.41, 5.74) is 1.34.